The lowest BCUT2D eigenvalue weighted by atomic mass is 10.1. The van der Waals surface area contributed by atoms with Crippen molar-refractivity contribution in [3.05, 3.63) is 58.9 Å². The first-order valence-corrected chi connectivity index (χ1v) is 9.91. The number of aromatic nitrogens is 1. The van der Waals surface area contributed by atoms with Gasteiger partial charge in [-0.25, -0.2) is 0 Å². The lowest BCUT2D eigenvalue weighted by Crippen LogP contribution is -2.33. The summed E-state index contributed by atoms with van der Waals surface area (Å²) in [7, 11) is 1.64. The van der Waals surface area contributed by atoms with E-state index in [1.807, 2.05) is 48.5 Å². The molecule has 5 nitrogen and oxygen atoms in total. The quantitative estimate of drug-likeness (QED) is 0.703. The minimum atomic E-state index is -0.114. The summed E-state index contributed by atoms with van der Waals surface area (Å²) < 4.78 is 11.6. The van der Waals surface area contributed by atoms with E-state index >= 15 is 0 Å². The Balaban J connectivity index is 1.71. The van der Waals surface area contributed by atoms with Crippen molar-refractivity contribution in [3.63, 3.8) is 0 Å². The molecule has 2 heterocycles. The number of ether oxygens (including phenoxy) is 2. The van der Waals surface area contributed by atoms with Crippen LogP contribution < -0.4 is 15.0 Å². The fraction of sp³-hybridized carbons (Fsp3) is 0.348. The molecule has 146 valence electrons. The van der Waals surface area contributed by atoms with Gasteiger partial charge in [-0.2, -0.15) is 0 Å². The molecule has 1 N–H and O–H groups in total. The van der Waals surface area contributed by atoms with Gasteiger partial charge in [-0.1, -0.05) is 36.8 Å². The van der Waals surface area contributed by atoms with Crippen LogP contribution in [-0.4, -0.2) is 43.2 Å². The molecule has 4 rings (SSSR count). The Labute approximate surface area is 164 Å². The summed E-state index contributed by atoms with van der Waals surface area (Å²) in [5.74, 6) is 1.46. The third-order valence-electron chi connectivity index (χ3n) is 5.34. The number of fused-ring (bicyclic) bond motifs is 1. The molecule has 2 aromatic carbocycles. The molecule has 5 heteroatoms. The SMILES string of the molecule is COc1cccc(-c2[nH]c(=O)c3ccccc3c2OCCN2CCCCC2)c1. The summed E-state index contributed by atoms with van der Waals surface area (Å²) in [4.78, 5) is 18.1. The number of methoxy groups -OCH3 is 1. The molecule has 3 aromatic rings. The van der Waals surface area contributed by atoms with Crippen LogP contribution in [0.5, 0.6) is 11.5 Å². The second kappa shape index (κ2) is 8.48. The number of hydrogen-bond acceptors (Lipinski definition) is 4. The molecule has 1 aliphatic heterocycles. The molecule has 1 saturated heterocycles. The number of nitrogens with one attached hydrogen (secondary N) is 1. The lowest BCUT2D eigenvalue weighted by molar-refractivity contribution is 0.184. The van der Waals surface area contributed by atoms with Crippen LogP contribution in [0.4, 0.5) is 0 Å². The maximum Gasteiger partial charge on any atom is 0.256 e. The molecule has 0 saturated carbocycles. The molecule has 1 fully saturated rings. The van der Waals surface area contributed by atoms with E-state index in [9.17, 15) is 4.79 Å². The average Bonchev–Trinajstić information content (AvgIpc) is 2.76. The van der Waals surface area contributed by atoms with Crippen molar-refractivity contribution in [1.82, 2.24) is 9.88 Å². The molecule has 0 bridgehead atoms. The second-order valence-corrected chi connectivity index (χ2v) is 7.19. The van der Waals surface area contributed by atoms with Crippen LogP contribution in [0.2, 0.25) is 0 Å². The highest BCUT2D eigenvalue weighted by Crippen LogP contribution is 2.34. The van der Waals surface area contributed by atoms with Gasteiger partial charge >= 0.3 is 0 Å². The number of H-pyrrole nitrogens is 1. The Morgan fingerprint density at radius 2 is 1.79 bits per heavy atom. The van der Waals surface area contributed by atoms with E-state index in [2.05, 4.69) is 9.88 Å². The maximum absolute atomic E-state index is 12.7. The standard InChI is InChI=1S/C23H26N2O3/c1-27-18-9-7-8-17(16-18)21-22(28-15-14-25-12-5-2-6-13-25)19-10-3-4-11-20(19)23(26)24-21/h3-4,7-11,16H,2,5-6,12-15H2,1H3,(H,24,26). The Morgan fingerprint density at radius 3 is 2.57 bits per heavy atom. The first-order valence-electron chi connectivity index (χ1n) is 9.91. The van der Waals surface area contributed by atoms with E-state index in [4.69, 9.17) is 9.47 Å². The topological polar surface area (TPSA) is 54.6 Å². The largest absolute Gasteiger partial charge is 0.497 e. The van der Waals surface area contributed by atoms with Crippen molar-refractivity contribution in [3.8, 4) is 22.8 Å². The monoisotopic (exact) mass is 378 g/mol. The van der Waals surface area contributed by atoms with E-state index in [0.717, 1.165) is 42.1 Å². The number of benzene rings is 2. The molecular weight excluding hydrogens is 352 g/mol. The molecule has 0 spiro atoms. The van der Waals surface area contributed by atoms with Crippen molar-refractivity contribution in [2.75, 3.05) is 33.4 Å². The van der Waals surface area contributed by atoms with Crippen LogP contribution in [-0.2, 0) is 0 Å². The smallest absolute Gasteiger partial charge is 0.256 e. The van der Waals surface area contributed by atoms with Gasteiger partial charge < -0.3 is 14.5 Å². The summed E-state index contributed by atoms with van der Waals surface area (Å²) in [6.07, 6.45) is 3.84. The van der Waals surface area contributed by atoms with Gasteiger partial charge in [-0.15, -0.1) is 0 Å². The molecule has 1 aromatic heterocycles. The zero-order valence-corrected chi connectivity index (χ0v) is 16.2. The van der Waals surface area contributed by atoms with Crippen molar-refractivity contribution >= 4 is 10.8 Å². The van der Waals surface area contributed by atoms with Gasteiger partial charge in [0, 0.05) is 17.5 Å². The highest BCUT2D eigenvalue weighted by molar-refractivity contribution is 5.93. The predicted octanol–water partition coefficient (Wildman–Crippen LogP) is 4.07. The number of hydrogen-bond donors (Lipinski definition) is 1. The van der Waals surface area contributed by atoms with E-state index in [0.29, 0.717) is 17.7 Å². The van der Waals surface area contributed by atoms with E-state index in [1.165, 1.54) is 19.3 Å². The third-order valence-corrected chi connectivity index (χ3v) is 5.34. The number of piperidine rings is 1. The lowest BCUT2D eigenvalue weighted by Gasteiger charge is -2.26. The zero-order chi connectivity index (χ0) is 19.3. The molecule has 0 unspecified atom stereocenters. The summed E-state index contributed by atoms with van der Waals surface area (Å²) in [5, 5.41) is 1.48. The molecule has 0 atom stereocenters. The van der Waals surface area contributed by atoms with Crippen LogP contribution in [0.3, 0.4) is 0 Å². The number of aromatic amines is 1. The van der Waals surface area contributed by atoms with Gasteiger partial charge in [0.1, 0.15) is 12.4 Å². The zero-order valence-electron chi connectivity index (χ0n) is 16.2. The number of rotatable bonds is 6. The van der Waals surface area contributed by atoms with Crippen molar-refractivity contribution < 1.29 is 9.47 Å². The summed E-state index contributed by atoms with van der Waals surface area (Å²) >= 11 is 0. The fourth-order valence-corrected chi connectivity index (χ4v) is 3.84. The van der Waals surface area contributed by atoms with Gasteiger partial charge in [0.05, 0.1) is 18.2 Å². The van der Waals surface area contributed by atoms with Gasteiger partial charge in [0.15, 0.2) is 5.75 Å². The van der Waals surface area contributed by atoms with E-state index in [1.54, 1.807) is 7.11 Å². The van der Waals surface area contributed by atoms with Crippen molar-refractivity contribution in [1.29, 1.82) is 0 Å². The first kappa shape index (κ1) is 18.6. The summed E-state index contributed by atoms with van der Waals surface area (Å²) in [5.41, 5.74) is 1.45. The van der Waals surface area contributed by atoms with Crippen LogP contribution in [0.25, 0.3) is 22.0 Å². The van der Waals surface area contributed by atoms with Gasteiger partial charge in [-0.3, -0.25) is 9.69 Å². The van der Waals surface area contributed by atoms with Crippen LogP contribution >= 0.6 is 0 Å². The Kier molecular flexibility index (Phi) is 5.63. The van der Waals surface area contributed by atoms with Crippen LogP contribution in [0.1, 0.15) is 19.3 Å². The maximum atomic E-state index is 12.7. The van der Waals surface area contributed by atoms with Gasteiger partial charge in [0.25, 0.3) is 5.56 Å². The summed E-state index contributed by atoms with van der Waals surface area (Å²) in [6.45, 7) is 3.76. The molecule has 0 aliphatic carbocycles. The van der Waals surface area contributed by atoms with Crippen LogP contribution in [0, 0.1) is 0 Å². The van der Waals surface area contributed by atoms with Gasteiger partial charge in [0.2, 0.25) is 0 Å². The number of nitrogens with zero attached hydrogens (tertiary/aromatic N) is 1. The Bertz CT molecular complexity index is 1010. The molecule has 1 aliphatic rings. The molecular formula is C23H26N2O3. The Morgan fingerprint density at radius 1 is 1.00 bits per heavy atom. The minimum absolute atomic E-state index is 0.114. The fourth-order valence-electron chi connectivity index (χ4n) is 3.84. The summed E-state index contributed by atoms with van der Waals surface area (Å²) in [6, 6.07) is 15.3. The van der Waals surface area contributed by atoms with E-state index in [-0.39, 0.29) is 5.56 Å². The average molecular weight is 378 g/mol. The van der Waals surface area contributed by atoms with Crippen molar-refractivity contribution in [2.24, 2.45) is 0 Å². The Hall–Kier alpha value is -2.79. The second-order valence-electron chi connectivity index (χ2n) is 7.19. The van der Waals surface area contributed by atoms with Crippen LogP contribution in [0.15, 0.2) is 53.3 Å². The predicted molar refractivity (Wildman–Crippen MR) is 112 cm³/mol. The first-order chi connectivity index (χ1) is 13.8. The van der Waals surface area contributed by atoms with Gasteiger partial charge in [-0.05, 0) is 44.1 Å². The van der Waals surface area contributed by atoms with Crippen molar-refractivity contribution in [2.45, 2.75) is 19.3 Å². The number of pyridine rings is 1. The number of likely N-dealkylation sites (tertiary alicyclic amines) is 1. The van der Waals surface area contributed by atoms with E-state index < -0.39 is 0 Å². The third kappa shape index (κ3) is 3.90. The molecule has 0 amide bonds. The minimum Gasteiger partial charge on any atom is -0.497 e. The normalized spacial score (nSPS) is 14.9. The highest BCUT2D eigenvalue weighted by Gasteiger charge is 2.16. The molecule has 0 radical (unpaired) electrons. The molecule has 28 heavy (non-hydrogen) atoms. The highest BCUT2D eigenvalue weighted by atomic mass is 16.5.